The largest absolute Gasteiger partial charge is 0.544 e. The van der Waals surface area contributed by atoms with Crippen molar-refractivity contribution >= 4 is 14.6 Å². The number of carbonyl (C=O) groups is 1. The Hall–Kier alpha value is -1.29. The zero-order valence-electron chi connectivity index (χ0n) is 10.5. The Labute approximate surface area is 97.5 Å². The Bertz CT molecular complexity index is 394. The summed E-state index contributed by atoms with van der Waals surface area (Å²) < 4.78 is 11.0. The van der Waals surface area contributed by atoms with Crippen molar-refractivity contribution in [2.75, 3.05) is 7.11 Å². The SMILES string of the molecule is COc1cc(C=O)c(O[Si](C)(C)C)cc1C. The molecule has 0 unspecified atom stereocenters. The van der Waals surface area contributed by atoms with Gasteiger partial charge in [-0.3, -0.25) is 4.79 Å². The molecule has 0 aliphatic rings. The summed E-state index contributed by atoms with van der Waals surface area (Å²) in [6.07, 6.45) is 0.803. The third-order valence-corrected chi connectivity index (χ3v) is 2.90. The van der Waals surface area contributed by atoms with Crippen LogP contribution < -0.4 is 9.16 Å². The van der Waals surface area contributed by atoms with Crippen molar-refractivity contribution in [2.24, 2.45) is 0 Å². The van der Waals surface area contributed by atoms with Crippen molar-refractivity contribution < 1.29 is 14.0 Å². The predicted octanol–water partition coefficient (Wildman–Crippen LogP) is 3.03. The van der Waals surface area contributed by atoms with Crippen LogP contribution in [0.15, 0.2) is 12.1 Å². The Balaban J connectivity index is 3.18. The van der Waals surface area contributed by atoms with E-state index in [-0.39, 0.29) is 0 Å². The fourth-order valence-electron chi connectivity index (χ4n) is 1.41. The van der Waals surface area contributed by atoms with Gasteiger partial charge in [0.1, 0.15) is 11.5 Å². The van der Waals surface area contributed by atoms with Gasteiger partial charge in [0.05, 0.1) is 12.7 Å². The molecule has 0 saturated heterocycles. The summed E-state index contributed by atoms with van der Waals surface area (Å²) in [5.74, 6) is 1.37. The van der Waals surface area contributed by atoms with Crippen LogP contribution in [0.3, 0.4) is 0 Å². The smallest absolute Gasteiger partial charge is 0.242 e. The second kappa shape index (κ2) is 4.70. The quantitative estimate of drug-likeness (QED) is 0.597. The van der Waals surface area contributed by atoms with E-state index in [2.05, 4.69) is 19.6 Å². The van der Waals surface area contributed by atoms with Gasteiger partial charge in [-0.15, -0.1) is 0 Å². The number of hydrogen-bond donors (Lipinski definition) is 0. The van der Waals surface area contributed by atoms with Crippen molar-refractivity contribution in [1.29, 1.82) is 0 Å². The van der Waals surface area contributed by atoms with Gasteiger partial charge in [-0.2, -0.15) is 0 Å². The molecule has 4 heteroatoms. The average molecular weight is 238 g/mol. The molecule has 0 aromatic heterocycles. The van der Waals surface area contributed by atoms with Gasteiger partial charge >= 0.3 is 0 Å². The Morgan fingerprint density at radius 1 is 1.19 bits per heavy atom. The highest BCUT2D eigenvalue weighted by Crippen LogP contribution is 2.28. The summed E-state index contributed by atoms with van der Waals surface area (Å²) in [6.45, 7) is 8.19. The topological polar surface area (TPSA) is 35.5 Å². The number of aryl methyl sites for hydroxylation is 1. The van der Waals surface area contributed by atoms with E-state index in [0.717, 1.165) is 11.8 Å². The fraction of sp³-hybridized carbons (Fsp3) is 0.417. The van der Waals surface area contributed by atoms with E-state index in [0.29, 0.717) is 17.1 Å². The van der Waals surface area contributed by atoms with Gasteiger partial charge < -0.3 is 9.16 Å². The minimum Gasteiger partial charge on any atom is -0.544 e. The molecular formula is C12H18O3Si. The van der Waals surface area contributed by atoms with Crippen molar-refractivity contribution in [1.82, 2.24) is 0 Å². The number of benzene rings is 1. The molecule has 0 N–H and O–H groups in total. The number of rotatable bonds is 4. The van der Waals surface area contributed by atoms with Gasteiger partial charge in [0.2, 0.25) is 8.32 Å². The monoisotopic (exact) mass is 238 g/mol. The molecule has 0 bridgehead atoms. The van der Waals surface area contributed by atoms with Crippen LogP contribution in [0.5, 0.6) is 11.5 Å². The van der Waals surface area contributed by atoms with Crippen LogP contribution >= 0.6 is 0 Å². The minimum atomic E-state index is -1.70. The zero-order valence-corrected chi connectivity index (χ0v) is 11.5. The van der Waals surface area contributed by atoms with Gasteiger partial charge in [0.25, 0.3) is 0 Å². The standard InChI is InChI=1S/C12H18O3Si/c1-9-6-12(15-16(3,4)5)10(8-13)7-11(9)14-2/h6-8H,1-5H3. The Morgan fingerprint density at radius 2 is 1.81 bits per heavy atom. The summed E-state index contributed by atoms with van der Waals surface area (Å²) in [5, 5.41) is 0. The molecule has 0 atom stereocenters. The number of aldehydes is 1. The maximum atomic E-state index is 11.0. The lowest BCUT2D eigenvalue weighted by Gasteiger charge is -2.21. The van der Waals surface area contributed by atoms with Crippen LogP contribution in [-0.4, -0.2) is 21.7 Å². The maximum Gasteiger partial charge on any atom is 0.242 e. The van der Waals surface area contributed by atoms with Crippen LogP contribution in [0.25, 0.3) is 0 Å². The molecule has 1 aromatic carbocycles. The Morgan fingerprint density at radius 3 is 2.25 bits per heavy atom. The molecule has 0 aliphatic carbocycles. The van der Waals surface area contributed by atoms with Gasteiger partial charge in [-0.25, -0.2) is 0 Å². The highest BCUT2D eigenvalue weighted by Gasteiger charge is 2.19. The van der Waals surface area contributed by atoms with Crippen LogP contribution in [0, 0.1) is 6.92 Å². The Kier molecular flexibility index (Phi) is 3.75. The van der Waals surface area contributed by atoms with Crippen LogP contribution in [0.1, 0.15) is 15.9 Å². The normalized spacial score (nSPS) is 11.1. The van der Waals surface area contributed by atoms with E-state index in [1.165, 1.54) is 0 Å². The summed E-state index contributed by atoms with van der Waals surface area (Å²) in [7, 11) is -0.103. The van der Waals surface area contributed by atoms with E-state index >= 15 is 0 Å². The van der Waals surface area contributed by atoms with Gasteiger partial charge in [0.15, 0.2) is 6.29 Å². The molecule has 1 rings (SSSR count). The molecular weight excluding hydrogens is 220 g/mol. The summed E-state index contributed by atoms with van der Waals surface area (Å²) in [5.41, 5.74) is 1.52. The molecule has 88 valence electrons. The summed E-state index contributed by atoms with van der Waals surface area (Å²) >= 11 is 0. The van der Waals surface area contributed by atoms with Crippen molar-refractivity contribution in [3.8, 4) is 11.5 Å². The molecule has 0 radical (unpaired) electrons. The van der Waals surface area contributed by atoms with Crippen molar-refractivity contribution in [2.45, 2.75) is 26.6 Å². The van der Waals surface area contributed by atoms with Crippen LogP contribution in [0.2, 0.25) is 19.6 Å². The minimum absolute atomic E-state index is 0.546. The molecule has 0 saturated carbocycles. The fourth-order valence-corrected chi connectivity index (χ4v) is 2.24. The number of carbonyl (C=O) groups excluding carboxylic acids is 1. The van der Waals surface area contributed by atoms with Crippen molar-refractivity contribution in [3.05, 3.63) is 23.3 Å². The third kappa shape index (κ3) is 3.10. The second-order valence-corrected chi connectivity index (χ2v) is 9.12. The molecule has 3 nitrogen and oxygen atoms in total. The molecule has 0 spiro atoms. The third-order valence-electron chi connectivity index (χ3n) is 2.07. The number of methoxy groups -OCH3 is 1. The summed E-state index contributed by atoms with van der Waals surface area (Å²) in [4.78, 5) is 11.0. The number of hydrogen-bond acceptors (Lipinski definition) is 3. The van der Waals surface area contributed by atoms with E-state index in [9.17, 15) is 4.79 Å². The van der Waals surface area contributed by atoms with Crippen LogP contribution in [-0.2, 0) is 0 Å². The second-order valence-electron chi connectivity index (χ2n) is 4.69. The van der Waals surface area contributed by atoms with E-state index in [1.807, 2.05) is 13.0 Å². The lowest BCUT2D eigenvalue weighted by molar-refractivity contribution is 0.112. The first-order chi connectivity index (χ1) is 7.37. The van der Waals surface area contributed by atoms with Gasteiger partial charge in [-0.05, 0) is 44.3 Å². The maximum absolute atomic E-state index is 11.0. The first-order valence-electron chi connectivity index (χ1n) is 5.20. The highest BCUT2D eigenvalue weighted by molar-refractivity contribution is 6.70. The van der Waals surface area contributed by atoms with E-state index in [4.69, 9.17) is 9.16 Å². The van der Waals surface area contributed by atoms with E-state index < -0.39 is 8.32 Å². The van der Waals surface area contributed by atoms with E-state index in [1.54, 1.807) is 13.2 Å². The lowest BCUT2D eigenvalue weighted by atomic mass is 10.1. The molecule has 16 heavy (non-hydrogen) atoms. The zero-order chi connectivity index (χ0) is 12.3. The first-order valence-corrected chi connectivity index (χ1v) is 8.61. The summed E-state index contributed by atoms with van der Waals surface area (Å²) in [6, 6.07) is 3.58. The highest BCUT2D eigenvalue weighted by atomic mass is 28.4. The predicted molar refractivity (Wildman–Crippen MR) is 67.1 cm³/mol. The molecule has 0 amide bonds. The lowest BCUT2D eigenvalue weighted by Crippen LogP contribution is -2.29. The number of ether oxygens (including phenoxy) is 1. The first kappa shape index (κ1) is 12.8. The molecule has 0 fully saturated rings. The average Bonchev–Trinajstić information content (AvgIpc) is 2.16. The molecule has 0 heterocycles. The van der Waals surface area contributed by atoms with Crippen LogP contribution in [0.4, 0.5) is 0 Å². The molecule has 0 aliphatic heterocycles. The van der Waals surface area contributed by atoms with Gasteiger partial charge in [0, 0.05) is 0 Å². The van der Waals surface area contributed by atoms with Crippen molar-refractivity contribution in [3.63, 3.8) is 0 Å². The molecule has 1 aromatic rings. The van der Waals surface area contributed by atoms with Gasteiger partial charge in [-0.1, -0.05) is 0 Å².